The minimum atomic E-state index is -4.80. The van der Waals surface area contributed by atoms with Gasteiger partial charge in [-0.2, -0.15) is 26.9 Å². The van der Waals surface area contributed by atoms with E-state index in [0.29, 0.717) is 6.07 Å². The van der Waals surface area contributed by atoms with Gasteiger partial charge in [-0.25, -0.2) is 8.42 Å². The molecular weight excluding hydrogens is 605 g/mol. The first-order chi connectivity index (χ1) is 20.3. The molecule has 1 aromatic heterocycles. The number of aliphatic carboxylic acids is 1. The summed E-state index contributed by atoms with van der Waals surface area (Å²) < 4.78 is 110. The van der Waals surface area contributed by atoms with Crippen molar-refractivity contribution in [3.8, 4) is 34.3 Å². The molecule has 0 saturated carbocycles. The van der Waals surface area contributed by atoms with Crippen LogP contribution in [0, 0.1) is 0 Å². The Morgan fingerprint density at radius 2 is 1.86 bits per heavy atom. The van der Waals surface area contributed by atoms with Gasteiger partial charge in [-0.3, -0.25) is 9.10 Å². The molecule has 1 atom stereocenters. The van der Waals surface area contributed by atoms with Crippen LogP contribution >= 0.6 is 0 Å². The molecule has 43 heavy (non-hydrogen) atoms. The van der Waals surface area contributed by atoms with Crippen LogP contribution in [-0.4, -0.2) is 48.9 Å². The number of para-hydroxylation sites is 1. The van der Waals surface area contributed by atoms with Crippen molar-refractivity contribution in [2.45, 2.75) is 36.6 Å². The largest absolute Gasteiger partial charge is 0.486 e. The molecule has 1 N–H and O–H groups in total. The average molecular weight is 626 g/mol. The fraction of sp³-hybridized carbons (Fsp3) is 0.222. The first-order valence-corrected chi connectivity index (χ1v) is 13.9. The summed E-state index contributed by atoms with van der Waals surface area (Å²) in [6.07, 6.45) is -6.17. The number of carboxylic acid groups (broad SMARTS) is 1. The van der Waals surface area contributed by atoms with Crippen molar-refractivity contribution in [1.82, 2.24) is 10.1 Å². The molecule has 0 aliphatic carbocycles. The highest BCUT2D eigenvalue weighted by Crippen LogP contribution is 2.41. The van der Waals surface area contributed by atoms with Gasteiger partial charge in [-0.1, -0.05) is 23.4 Å². The topological polar surface area (TPSA) is 132 Å². The number of halogens is 5. The highest BCUT2D eigenvalue weighted by atomic mass is 32.2. The van der Waals surface area contributed by atoms with Gasteiger partial charge in [0.05, 0.1) is 28.3 Å². The second-order valence-corrected chi connectivity index (χ2v) is 11.1. The lowest BCUT2D eigenvalue weighted by Gasteiger charge is -2.35. The van der Waals surface area contributed by atoms with E-state index >= 15 is 0 Å². The quantitative estimate of drug-likeness (QED) is 0.228. The number of ether oxygens (including phenoxy) is 2. The fourth-order valence-corrected chi connectivity index (χ4v) is 5.91. The van der Waals surface area contributed by atoms with Crippen molar-refractivity contribution in [3.05, 3.63) is 72.3 Å². The third kappa shape index (κ3) is 6.38. The number of carbonyl (C=O) groups is 1. The minimum absolute atomic E-state index is 0.0142. The van der Waals surface area contributed by atoms with Gasteiger partial charge in [0.1, 0.15) is 17.6 Å². The van der Waals surface area contributed by atoms with E-state index in [1.807, 2.05) is 0 Å². The van der Waals surface area contributed by atoms with Crippen LogP contribution in [0.25, 0.3) is 22.8 Å². The smallest absolute Gasteiger partial charge is 0.416 e. The fourth-order valence-electron chi connectivity index (χ4n) is 4.37. The van der Waals surface area contributed by atoms with E-state index < -0.39 is 51.9 Å². The van der Waals surface area contributed by atoms with Crippen molar-refractivity contribution < 1.29 is 54.3 Å². The molecule has 0 spiro atoms. The van der Waals surface area contributed by atoms with Crippen LogP contribution in [0.5, 0.6) is 11.5 Å². The Labute approximate surface area is 240 Å². The summed E-state index contributed by atoms with van der Waals surface area (Å²) in [5.74, 6) is -1.61. The maximum absolute atomic E-state index is 13.7. The Balaban J connectivity index is 1.55. The molecule has 0 radical (unpaired) electrons. The molecule has 2 heterocycles. The number of rotatable bonds is 9. The van der Waals surface area contributed by atoms with Gasteiger partial charge < -0.3 is 19.1 Å². The average Bonchev–Trinajstić information content (AvgIpc) is 3.45. The minimum Gasteiger partial charge on any atom is -0.486 e. The number of hydrogen-bond acceptors (Lipinski definition) is 8. The van der Waals surface area contributed by atoms with E-state index in [2.05, 4.69) is 14.9 Å². The molecule has 0 saturated heterocycles. The predicted molar refractivity (Wildman–Crippen MR) is 139 cm³/mol. The van der Waals surface area contributed by atoms with E-state index in [0.717, 1.165) is 22.5 Å². The maximum atomic E-state index is 13.7. The van der Waals surface area contributed by atoms with Crippen molar-refractivity contribution in [1.29, 1.82) is 0 Å². The van der Waals surface area contributed by atoms with E-state index in [4.69, 9.17) is 14.4 Å². The molecule has 1 unspecified atom stereocenters. The molecule has 1 aliphatic heterocycles. The molecule has 16 heteroatoms. The molecule has 0 bridgehead atoms. The molecule has 0 amide bonds. The number of carboxylic acids is 1. The molecular formula is C27H20F5N3O7S. The first kappa shape index (κ1) is 29.8. The van der Waals surface area contributed by atoms with Gasteiger partial charge in [0, 0.05) is 12.0 Å². The molecule has 3 aromatic carbocycles. The van der Waals surface area contributed by atoms with Crippen molar-refractivity contribution in [3.63, 3.8) is 0 Å². The normalized spacial score (nSPS) is 15.2. The number of aromatic nitrogens is 2. The number of hydrogen-bond donors (Lipinski definition) is 1. The zero-order valence-electron chi connectivity index (χ0n) is 21.7. The number of anilines is 1. The van der Waals surface area contributed by atoms with Crippen molar-refractivity contribution in [2.24, 2.45) is 0 Å². The molecule has 0 fully saturated rings. The zero-order chi connectivity index (χ0) is 30.9. The lowest BCUT2D eigenvalue weighted by molar-refractivity contribution is -0.138. The zero-order valence-corrected chi connectivity index (χ0v) is 22.5. The van der Waals surface area contributed by atoms with Crippen LogP contribution in [0.15, 0.2) is 76.1 Å². The van der Waals surface area contributed by atoms with E-state index in [1.54, 1.807) is 0 Å². The molecule has 1 aliphatic rings. The highest BCUT2D eigenvalue weighted by molar-refractivity contribution is 7.92. The lowest BCUT2D eigenvalue weighted by Crippen LogP contribution is -2.43. The standard InChI is InChI=1S/C27H20F5N3O7S/c28-26(29)41-21-7-2-1-6-19(21)25-33-24(34-42-25)15-8-10-22-20(12-15)35(14-17(40-22)9-11-23(36)37)43(38,39)18-5-3-4-16(13-18)27(30,31)32/h1-8,10,12-13,17,26H,9,11,14H2,(H,36,37). The van der Waals surface area contributed by atoms with Crippen LogP contribution in [0.1, 0.15) is 18.4 Å². The molecule has 226 valence electrons. The van der Waals surface area contributed by atoms with Gasteiger partial charge in [0.2, 0.25) is 5.82 Å². The Hall–Kier alpha value is -4.73. The van der Waals surface area contributed by atoms with Crippen molar-refractivity contribution >= 4 is 21.7 Å². The third-order valence-electron chi connectivity index (χ3n) is 6.34. The highest BCUT2D eigenvalue weighted by Gasteiger charge is 2.37. The van der Waals surface area contributed by atoms with Crippen LogP contribution in [-0.2, 0) is 21.0 Å². The van der Waals surface area contributed by atoms with Gasteiger partial charge >= 0.3 is 18.8 Å². The van der Waals surface area contributed by atoms with Crippen LogP contribution in [0.2, 0.25) is 0 Å². The molecule has 4 aromatic rings. The Kier molecular flexibility index (Phi) is 7.96. The summed E-state index contributed by atoms with van der Waals surface area (Å²) in [5.41, 5.74) is -0.987. The van der Waals surface area contributed by atoms with Gasteiger partial charge in [-0.15, -0.1) is 0 Å². The summed E-state index contributed by atoms with van der Waals surface area (Å²) in [7, 11) is -4.63. The number of fused-ring (bicyclic) bond motifs is 1. The van der Waals surface area contributed by atoms with E-state index in [1.165, 1.54) is 42.5 Å². The Morgan fingerprint density at radius 1 is 1.09 bits per heavy atom. The third-order valence-corrected chi connectivity index (χ3v) is 8.11. The first-order valence-electron chi connectivity index (χ1n) is 12.4. The maximum Gasteiger partial charge on any atom is 0.416 e. The van der Waals surface area contributed by atoms with Crippen LogP contribution in [0.3, 0.4) is 0 Å². The summed E-state index contributed by atoms with van der Waals surface area (Å²) in [4.78, 5) is 14.7. The molecule has 5 rings (SSSR count). The monoisotopic (exact) mass is 625 g/mol. The van der Waals surface area contributed by atoms with Crippen LogP contribution in [0.4, 0.5) is 27.6 Å². The van der Waals surface area contributed by atoms with Gasteiger partial charge in [0.15, 0.2) is 0 Å². The number of alkyl halides is 5. The lowest BCUT2D eigenvalue weighted by atomic mass is 10.1. The van der Waals surface area contributed by atoms with Crippen LogP contribution < -0.4 is 13.8 Å². The predicted octanol–water partition coefficient (Wildman–Crippen LogP) is 5.84. The summed E-state index contributed by atoms with van der Waals surface area (Å²) in [6.45, 7) is -3.52. The second-order valence-electron chi connectivity index (χ2n) is 9.21. The van der Waals surface area contributed by atoms with E-state index in [-0.39, 0.29) is 52.9 Å². The number of nitrogens with zero attached hydrogens (tertiary/aromatic N) is 3. The number of benzene rings is 3. The second kappa shape index (κ2) is 11.5. The SMILES string of the molecule is O=C(O)CCC1CN(S(=O)(=O)c2cccc(C(F)(F)F)c2)c2cc(-c3noc(-c4ccccc4OC(F)F)n3)ccc2O1. The summed E-state index contributed by atoms with van der Waals surface area (Å²) in [5, 5.41) is 12.9. The number of sulfonamides is 1. The summed E-state index contributed by atoms with van der Waals surface area (Å²) >= 11 is 0. The van der Waals surface area contributed by atoms with Crippen molar-refractivity contribution in [2.75, 3.05) is 10.8 Å². The van der Waals surface area contributed by atoms with E-state index in [9.17, 15) is 35.2 Å². The Morgan fingerprint density at radius 3 is 2.58 bits per heavy atom. The molecule has 10 nitrogen and oxygen atoms in total. The summed E-state index contributed by atoms with van der Waals surface area (Å²) in [6, 6.07) is 13.0. The van der Waals surface area contributed by atoms with Gasteiger partial charge in [0.25, 0.3) is 15.9 Å². The van der Waals surface area contributed by atoms with Gasteiger partial charge in [-0.05, 0) is 55.0 Å². The Bertz CT molecular complexity index is 1760.